The maximum absolute atomic E-state index is 13.6. The van der Waals surface area contributed by atoms with Crippen LogP contribution in [0.1, 0.15) is 25.3 Å². The summed E-state index contributed by atoms with van der Waals surface area (Å²) in [5.41, 5.74) is 3.45. The standard InChI is InChI=1S/C30H35ClN4O5S/c1-2-40-29(36)27(19-22-7-4-3-5-8-22)32-30(37)35-14-13-23-20-26(11-12-28(23)35)41(38,39)34-17-15-33(16-18-34)25-10-6-9-24(31)21-25/h3-10,12,20-21,26-27H,2,11,13-19H2,1H3,(H,32,37). The summed E-state index contributed by atoms with van der Waals surface area (Å²) in [6.07, 6.45) is 4.78. The lowest BCUT2D eigenvalue weighted by molar-refractivity contribution is -0.145. The van der Waals surface area contributed by atoms with Crippen LogP contribution in [0.25, 0.3) is 0 Å². The van der Waals surface area contributed by atoms with Crippen molar-refractivity contribution in [3.05, 3.63) is 88.6 Å². The van der Waals surface area contributed by atoms with E-state index in [9.17, 15) is 18.0 Å². The Balaban J connectivity index is 1.22. The second-order valence-electron chi connectivity index (χ2n) is 10.3. The van der Waals surface area contributed by atoms with Crippen molar-refractivity contribution in [3.63, 3.8) is 0 Å². The van der Waals surface area contributed by atoms with Crippen molar-refractivity contribution >= 4 is 39.3 Å². The molecule has 2 atom stereocenters. The molecule has 0 aromatic heterocycles. The number of likely N-dealkylation sites (tertiary alicyclic amines) is 1. The quantitative estimate of drug-likeness (QED) is 0.462. The Morgan fingerprint density at radius 1 is 1.05 bits per heavy atom. The summed E-state index contributed by atoms with van der Waals surface area (Å²) < 4.78 is 33.9. The Labute approximate surface area is 246 Å². The minimum Gasteiger partial charge on any atom is -0.464 e. The van der Waals surface area contributed by atoms with Gasteiger partial charge in [-0.15, -0.1) is 0 Å². The molecular weight excluding hydrogens is 564 g/mol. The van der Waals surface area contributed by atoms with Crippen LogP contribution in [0.5, 0.6) is 0 Å². The van der Waals surface area contributed by atoms with Gasteiger partial charge in [0.05, 0.1) is 11.9 Å². The second kappa shape index (κ2) is 12.7. The van der Waals surface area contributed by atoms with Crippen LogP contribution in [0.4, 0.5) is 10.5 Å². The van der Waals surface area contributed by atoms with E-state index in [1.54, 1.807) is 22.2 Å². The third kappa shape index (κ3) is 6.60. The molecule has 5 rings (SSSR count). The van der Waals surface area contributed by atoms with E-state index >= 15 is 0 Å². The number of ether oxygens (including phenoxy) is 1. The molecule has 1 aliphatic carbocycles. The summed E-state index contributed by atoms with van der Waals surface area (Å²) in [4.78, 5) is 29.7. The molecule has 0 saturated carbocycles. The van der Waals surface area contributed by atoms with Crippen LogP contribution in [0, 0.1) is 0 Å². The highest BCUT2D eigenvalue weighted by Crippen LogP contribution is 2.34. The summed E-state index contributed by atoms with van der Waals surface area (Å²) in [5, 5.41) is 2.82. The molecular formula is C30H35ClN4O5S. The van der Waals surface area contributed by atoms with Gasteiger partial charge in [-0.3, -0.25) is 4.90 Å². The minimum absolute atomic E-state index is 0.216. The molecule has 41 heavy (non-hydrogen) atoms. The number of nitrogens with one attached hydrogen (secondary N) is 1. The molecule has 2 fully saturated rings. The number of carbonyl (C=O) groups excluding carboxylic acids is 2. The fourth-order valence-electron chi connectivity index (χ4n) is 5.58. The third-order valence-electron chi connectivity index (χ3n) is 7.71. The number of urea groups is 1. The number of amides is 2. The van der Waals surface area contributed by atoms with E-state index < -0.39 is 33.3 Å². The number of esters is 1. The van der Waals surface area contributed by atoms with Gasteiger partial charge in [0.25, 0.3) is 0 Å². The lowest BCUT2D eigenvalue weighted by Crippen LogP contribution is -2.51. The van der Waals surface area contributed by atoms with E-state index in [4.69, 9.17) is 16.3 Å². The van der Waals surface area contributed by atoms with E-state index in [1.807, 2.05) is 60.7 Å². The van der Waals surface area contributed by atoms with Crippen LogP contribution in [0.2, 0.25) is 5.02 Å². The normalized spacial score (nSPS) is 20.1. The molecule has 11 heteroatoms. The zero-order chi connectivity index (χ0) is 29.0. The van der Waals surface area contributed by atoms with Crippen molar-refractivity contribution in [1.82, 2.24) is 14.5 Å². The van der Waals surface area contributed by atoms with E-state index in [2.05, 4.69) is 10.2 Å². The number of halogens is 1. The third-order valence-corrected chi connectivity index (χ3v) is 10.1. The first-order valence-corrected chi connectivity index (χ1v) is 15.8. The van der Waals surface area contributed by atoms with Gasteiger partial charge in [0.1, 0.15) is 6.04 Å². The highest BCUT2D eigenvalue weighted by molar-refractivity contribution is 7.89. The average Bonchev–Trinajstić information content (AvgIpc) is 3.41. The number of fused-ring (bicyclic) bond motifs is 1. The molecule has 2 aromatic rings. The van der Waals surface area contributed by atoms with Crippen LogP contribution in [0.3, 0.4) is 0 Å². The first-order valence-electron chi connectivity index (χ1n) is 14.0. The fraction of sp³-hybridized carbons (Fsp3) is 0.400. The van der Waals surface area contributed by atoms with Crippen molar-refractivity contribution < 1.29 is 22.7 Å². The van der Waals surface area contributed by atoms with Gasteiger partial charge in [-0.2, -0.15) is 4.31 Å². The van der Waals surface area contributed by atoms with E-state index in [0.717, 1.165) is 16.8 Å². The van der Waals surface area contributed by atoms with Crippen LogP contribution >= 0.6 is 11.6 Å². The number of piperazine rings is 1. The largest absolute Gasteiger partial charge is 0.464 e. The molecule has 0 bridgehead atoms. The summed E-state index contributed by atoms with van der Waals surface area (Å²) in [5.74, 6) is -0.487. The molecule has 2 aliphatic heterocycles. The topological polar surface area (TPSA) is 99.3 Å². The predicted molar refractivity (Wildman–Crippen MR) is 159 cm³/mol. The van der Waals surface area contributed by atoms with Crippen LogP contribution in [0.15, 0.2) is 78.0 Å². The molecule has 0 radical (unpaired) electrons. The monoisotopic (exact) mass is 598 g/mol. The molecule has 2 unspecified atom stereocenters. The lowest BCUT2D eigenvalue weighted by Gasteiger charge is -2.37. The molecule has 9 nitrogen and oxygen atoms in total. The Kier molecular flexibility index (Phi) is 9.01. The van der Waals surface area contributed by atoms with Gasteiger partial charge >= 0.3 is 12.0 Å². The Morgan fingerprint density at radius 3 is 2.51 bits per heavy atom. The zero-order valence-electron chi connectivity index (χ0n) is 23.0. The van der Waals surface area contributed by atoms with Gasteiger partial charge in [0.2, 0.25) is 10.0 Å². The smallest absolute Gasteiger partial charge is 0.329 e. The van der Waals surface area contributed by atoms with Gasteiger partial charge in [-0.25, -0.2) is 18.0 Å². The van der Waals surface area contributed by atoms with Crippen molar-refractivity contribution in [1.29, 1.82) is 0 Å². The van der Waals surface area contributed by atoms with E-state index in [-0.39, 0.29) is 13.0 Å². The van der Waals surface area contributed by atoms with E-state index in [1.165, 1.54) is 0 Å². The molecule has 2 heterocycles. The van der Waals surface area contributed by atoms with Crippen LogP contribution < -0.4 is 10.2 Å². The summed E-state index contributed by atoms with van der Waals surface area (Å²) in [7, 11) is -3.57. The second-order valence-corrected chi connectivity index (χ2v) is 12.9. The van der Waals surface area contributed by atoms with Gasteiger partial charge in [-0.1, -0.05) is 60.2 Å². The maximum atomic E-state index is 13.6. The van der Waals surface area contributed by atoms with E-state index in [0.29, 0.717) is 56.3 Å². The molecule has 1 N–H and O–H groups in total. The van der Waals surface area contributed by atoms with Crippen molar-refractivity contribution in [3.8, 4) is 0 Å². The molecule has 0 spiro atoms. The summed E-state index contributed by atoms with van der Waals surface area (Å²) in [6, 6.07) is 15.8. The van der Waals surface area contributed by atoms with Crippen molar-refractivity contribution in [2.24, 2.45) is 0 Å². The number of rotatable bonds is 8. The Morgan fingerprint density at radius 2 is 1.80 bits per heavy atom. The average molecular weight is 599 g/mol. The summed E-state index contributed by atoms with van der Waals surface area (Å²) in [6.45, 7) is 4.33. The zero-order valence-corrected chi connectivity index (χ0v) is 24.6. The number of carbonyl (C=O) groups is 2. The molecule has 2 saturated heterocycles. The Bertz CT molecular complexity index is 1440. The highest BCUT2D eigenvalue weighted by Gasteiger charge is 2.38. The molecule has 2 amide bonds. The molecule has 2 aromatic carbocycles. The van der Waals surface area contributed by atoms with Gasteiger partial charge in [-0.05, 0) is 49.1 Å². The SMILES string of the molecule is CCOC(=O)C(Cc1ccccc1)NC(=O)N1CCC2=CC(S(=O)(=O)N3CCN(c4cccc(Cl)c4)CC3)CC=C21. The first-order chi connectivity index (χ1) is 19.8. The van der Waals surface area contributed by atoms with Crippen molar-refractivity contribution in [2.45, 2.75) is 37.5 Å². The molecule has 218 valence electrons. The van der Waals surface area contributed by atoms with Gasteiger partial charge in [0.15, 0.2) is 0 Å². The Hall–Kier alpha value is -3.34. The van der Waals surface area contributed by atoms with Crippen LogP contribution in [-0.4, -0.2) is 80.2 Å². The first kappa shape index (κ1) is 29.2. The number of benzene rings is 2. The van der Waals surface area contributed by atoms with Crippen LogP contribution in [-0.2, 0) is 26.0 Å². The van der Waals surface area contributed by atoms with Crippen molar-refractivity contribution in [2.75, 3.05) is 44.2 Å². The minimum atomic E-state index is -3.57. The molecule has 3 aliphatic rings. The number of sulfonamides is 1. The number of hydrogen-bond acceptors (Lipinski definition) is 6. The number of hydrogen-bond donors (Lipinski definition) is 1. The van der Waals surface area contributed by atoms with Gasteiger partial charge < -0.3 is 15.0 Å². The maximum Gasteiger partial charge on any atom is 0.329 e. The summed E-state index contributed by atoms with van der Waals surface area (Å²) >= 11 is 6.13. The predicted octanol–water partition coefficient (Wildman–Crippen LogP) is 3.96. The number of anilines is 1. The van der Waals surface area contributed by atoms with Gasteiger partial charge in [0, 0.05) is 55.6 Å². The number of allylic oxidation sites excluding steroid dienone is 2. The highest BCUT2D eigenvalue weighted by atomic mass is 35.5. The lowest BCUT2D eigenvalue weighted by atomic mass is 10.0. The number of nitrogens with zero attached hydrogens (tertiary/aromatic N) is 3. The fourth-order valence-corrected chi connectivity index (χ4v) is 7.50.